The molecule has 1 aliphatic rings. The van der Waals surface area contributed by atoms with E-state index < -0.39 is 5.41 Å². The highest BCUT2D eigenvalue weighted by Gasteiger charge is 2.33. The highest BCUT2D eigenvalue weighted by Crippen LogP contribution is 2.47. The van der Waals surface area contributed by atoms with Gasteiger partial charge in [0.2, 0.25) is 6.79 Å². The van der Waals surface area contributed by atoms with Gasteiger partial charge in [-0.1, -0.05) is 25.4 Å². The molecule has 1 aromatic carbocycles. The minimum atomic E-state index is -0.559. The first-order chi connectivity index (χ1) is 8.01. The van der Waals surface area contributed by atoms with Crippen LogP contribution in [0.5, 0.6) is 11.5 Å². The van der Waals surface area contributed by atoms with Crippen LogP contribution in [0, 0.1) is 0 Å². The molecule has 5 heteroatoms. The molecule has 0 atom stereocenters. The summed E-state index contributed by atoms with van der Waals surface area (Å²) >= 11 is 6.15. The third-order valence-electron chi connectivity index (χ3n) is 2.82. The van der Waals surface area contributed by atoms with Gasteiger partial charge in [-0.25, -0.2) is 0 Å². The Labute approximate surface area is 104 Å². The van der Waals surface area contributed by atoms with E-state index in [-0.39, 0.29) is 13.4 Å². The Morgan fingerprint density at radius 2 is 2.12 bits per heavy atom. The maximum absolute atomic E-state index is 10.9. The molecule has 1 aromatic rings. The minimum absolute atomic E-state index is 0.0605. The molecule has 0 amide bonds. The molecule has 17 heavy (non-hydrogen) atoms. The van der Waals surface area contributed by atoms with Gasteiger partial charge in [0.15, 0.2) is 17.8 Å². The number of hydrogen-bond acceptors (Lipinski definition) is 4. The Morgan fingerprint density at radius 3 is 2.71 bits per heavy atom. The van der Waals surface area contributed by atoms with Crippen LogP contribution in [0.2, 0.25) is 5.02 Å². The Hall–Kier alpha value is -1.26. The fourth-order valence-corrected chi connectivity index (χ4v) is 2.32. The minimum Gasteiger partial charge on any atom is -0.453 e. The van der Waals surface area contributed by atoms with Crippen LogP contribution in [0.25, 0.3) is 0 Å². The first-order valence-electron chi connectivity index (χ1n) is 5.20. The maximum Gasteiger partial charge on any atom is 0.231 e. The van der Waals surface area contributed by atoms with Crippen LogP contribution in [0.4, 0.5) is 0 Å². The van der Waals surface area contributed by atoms with Crippen LogP contribution in [0.15, 0.2) is 6.07 Å². The number of halogens is 1. The van der Waals surface area contributed by atoms with Crippen LogP contribution >= 0.6 is 11.6 Å². The summed E-state index contributed by atoms with van der Waals surface area (Å²) in [6.45, 7) is 3.67. The van der Waals surface area contributed by atoms with Crippen LogP contribution in [0.1, 0.15) is 29.8 Å². The van der Waals surface area contributed by atoms with E-state index in [9.17, 15) is 9.90 Å². The first-order valence-corrected chi connectivity index (χ1v) is 5.57. The molecular formula is C12H13ClO4. The smallest absolute Gasteiger partial charge is 0.231 e. The van der Waals surface area contributed by atoms with Gasteiger partial charge >= 0.3 is 0 Å². The summed E-state index contributed by atoms with van der Waals surface area (Å²) in [6.07, 6.45) is 0.676. The molecule has 2 rings (SSSR count). The van der Waals surface area contributed by atoms with Gasteiger partial charge in [0, 0.05) is 16.0 Å². The lowest BCUT2D eigenvalue weighted by Crippen LogP contribution is -2.23. The Balaban J connectivity index is 2.69. The van der Waals surface area contributed by atoms with Crippen molar-refractivity contribution in [3.8, 4) is 11.5 Å². The number of ether oxygens (including phenoxy) is 2. The van der Waals surface area contributed by atoms with Gasteiger partial charge in [0.05, 0.1) is 12.2 Å². The highest BCUT2D eigenvalue weighted by atomic mass is 35.5. The molecule has 0 saturated heterocycles. The zero-order valence-electron chi connectivity index (χ0n) is 9.62. The second kappa shape index (κ2) is 4.20. The summed E-state index contributed by atoms with van der Waals surface area (Å²) in [5.74, 6) is 0.861. The van der Waals surface area contributed by atoms with Crippen molar-refractivity contribution in [3.05, 3.63) is 22.2 Å². The van der Waals surface area contributed by atoms with E-state index in [2.05, 4.69) is 0 Å². The number of aliphatic hydroxyl groups excluding tert-OH is 1. The van der Waals surface area contributed by atoms with Crippen molar-refractivity contribution in [2.45, 2.75) is 19.3 Å². The summed E-state index contributed by atoms with van der Waals surface area (Å²) in [7, 11) is 0. The molecule has 0 bridgehead atoms. The number of hydrogen-bond donors (Lipinski definition) is 1. The topological polar surface area (TPSA) is 55.8 Å². The largest absolute Gasteiger partial charge is 0.453 e. The van der Waals surface area contributed by atoms with Crippen molar-refractivity contribution in [1.29, 1.82) is 0 Å². The lowest BCUT2D eigenvalue weighted by Gasteiger charge is -2.25. The molecule has 0 fully saturated rings. The van der Waals surface area contributed by atoms with E-state index in [0.29, 0.717) is 33.9 Å². The van der Waals surface area contributed by atoms with E-state index in [1.165, 1.54) is 6.07 Å². The lowest BCUT2D eigenvalue weighted by atomic mass is 9.84. The molecule has 4 nitrogen and oxygen atoms in total. The van der Waals surface area contributed by atoms with Gasteiger partial charge in [-0.05, 0) is 6.07 Å². The van der Waals surface area contributed by atoms with Crippen LogP contribution in [0.3, 0.4) is 0 Å². The molecule has 1 heterocycles. The lowest BCUT2D eigenvalue weighted by molar-refractivity contribution is 0.111. The number of aldehydes is 1. The number of carbonyl (C=O) groups excluding carboxylic acids is 1. The average Bonchev–Trinajstić information content (AvgIpc) is 2.75. The summed E-state index contributed by atoms with van der Waals surface area (Å²) < 4.78 is 10.6. The molecule has 0 aromatic heterocycles. The molecule has 0 unspecified atom stereocenters. The van der Waals surface area contributed by atoms with Crippen molar-refractivity contribution in [2.24, 2.45) is 0 Å². The second-order valence-corrected chi connectivity index (χ2v) is 4.95. The summed E-state index contributed by atoms with van der Waals surface area (Å²) in [4.78, 5) is 10.9. The standard InChI is InChI=1S/C12H13ClO4/c1-12(2,5-15)9-8(13)3-7(4-14)10-11(9)17-6-16-10/h3-4,15H,5-6H2,1-2H3. The zero-order chi connectivity index (χ0) is 12.6. The number of carbonyl (C=O) groups is 1. The van der Waals surface area contributed by atoms with Gasteiger partial charge in [-0.2, -0.15) is 0 Å². The molecule has 0 spiro atoms. The van der Waals surface area contributed by atoms with Crippen LogP contribution < -0.4 is 9.47 Å². The predicted molar refractivity (Wildman–Crippen MR) is 63.1 cm³/mol. The van der Waals surface area contributed by atoms with E-state index >= 15 is 0 Å². The molecule has 0 aliphatic carbocycles. The van der Waals surface area contributed by atoms with Crippen LogP contribution in [-0.4, -0.2) is 24.8 Å². The molecule has 1 aliphatic heterocycles. The van der Waals surface area contributed by atoms with E-state index in [4.69, 9.17) is 21.1 Å². The molecule has 0 saturated carbocycles. The Morgan fingerprint density at radius 1 is 1.47 bits per heavy atom. The Bertz CT molecular complexity index is 468. The average molecular weight is 257 g/mol. The fraction of sp³-hybridized carbons (Fsp3) is 0.417. The van der Waals surface area contributed by atoms with Crippen molar-refractivity contribution in [2.75, 3.05) is 13.4 Å². The normalized spacial score (nSPS) is 13.9. The summed E-state index contributed by atoms with van der Waals surface area (Å²) in [5.41, 5.74) is 0.468. The monoisotopic (exact) mass is 256 g/mol. The third kappa shape index (κ3) is 1.87. The van der Waals surface area contributed by atoms with Gasteiger partial charge in [-0.15, -0.1) is 0 Å². The SMILES string of the molecule is CC(C)(CO)c1c(Cl)cc(C=O)c2c1OCO2. The Kier molecular flexibility index (Phi) is 3.02. The van der Waals surface area contributed by atoms with Gasteiger partial charge in [0.1, 0.15) is 0 Å². The zero-order valence-corrected chi connectivity index (χ0v) is 10.4. The first kappa shape index (κ1) is 12.2. The van der Waals surface area contributed by atoms with Crippen molar-refractivity contribution >= 4 is 17.9 Å². The fourth-order valence-electron chi connectivity index (χ4n) is 1.86. The summed E-state index contributed by atoms with van der Waals surface area (Å²) in [5, 5.41) is 9.80. The summed E-state index contributed by atoms with van der Waals surface area (Å²) in [6, 6.07) is 1.54. The van der Waals surface area contributed by atoms with Gasteiger partial charge < -0.3 is 14.6 Å². The number of fused-ring (bicyclic) bond motifs is 1. The quantitative estimate of drug-likeness (QED) is 0.842. The second-order valence-electron chi connectivity index (χ2n) is 4.55. The van der Waals surface area contributed by atoms with Gasteiger partial charge in [0.25, 0.3) is 0 Å². The number of aliphatic hydroxyl groups is 1. The van der Waals surface area contributed by atoms with Crippen molar-refractivity contribution < 1.29 is 19.4 Å². The maximum atomic E-state index is 10.9. The van der Waals surface area contributed by atoms with E-state index in [1.807, 2.05) is 13.8 Å². The number of rotatable bonds is 3. The van der Waals surface area contributed by atoms with Crippen molar-refractivity contribution in [1.82, 2.24) is 0 Å². The number of benzene rings is 1. The van der Waals surface area contributed by atoms with Crippen molar-refractivity contribution in [3.63, 3.8) is 0 Å². The van der Waals surface area contributed by atoms with E-state index in [1.54, 1.807) is 0 Å². The third-order valence-corrected chi connectivity index (χ3v) is 3.12. The molecule has 92 valence electrons. The van der Waals surface area contributed by atoms with Gasteiger partial charge in [-0.3, -0.25) is 4.79 Å². The molecular weight excluding hydrogens is 244 g/mol. The highest BCUT2D eigenvalue weighted by molar-refractivity contribution is 6.32. The molecule has 1 N–H and O–H groups in total. The van der Waals surface area contributed by atoms with E-state index in [0.717, 1.165) is 0 Å². The molecule has 0 radical (unpaired) electrons. The van der Waals surface area contributed by atoms with Crippen LogP contribution in [-0.2, 0) is 5.41 Å². The predicted octanol–water partition coefficient (Wildman–Crippen LogP) is 2.15.